The SMILES string of the molecule is CCCCCCCCCCCCN(C)OC(=O)/C=C\C(=O)O. The highest BCUT2D eigenvalue weighted by molar-refractivity contribution is 5.90. The summed E-state index contributed by atoms with van der Waals surface area (Å²) in [7, 11) is 1.68. The maximum Gasteiger partial charge on any atom is 0.349 e. The van der Waals surface area contributed by atoms with Crippen LogP contribution >= 0.6 is 0 Å². The van der Waals surface area contributed by atoms with Crippen molar-refractivity contribution in [3.63, 3.8) is 0 Å². The topological polar surface area (TPSA) is 66.8 Å². The predicted octanol–water partition coefficient (Wildman–Crippen LogP) is 3.94. The van der Waals surface area contributed by atoms with Gasteiger partial charge in [-0.25, -0.2) is 9.59 Å². The van der Waals surface area contributed by atoms with E-state index in [1.165, 1.54) is 56.4 Å². The van der Waals surface area contributed by atoms with E-state index in [1.54, 1.807) is 7.05 Å². The molecule has 0 rings (SSSR count). The molecule has 0 bridgehead atoms. The van der Waals surface area contributed by atoms with Crippen molar-refractivity contribution in [3.8, 4) is 0 Å². The van der Waals surface area contributed by atoms with Gasteiger partial charge in [0, 0.05) is 25.7 Å². The minimum Gasteiger partial charge on any atom is -0.478 e. The first-order chi connectivity index (χ1) is 10.6. The second-order valence-corrected chi connectivity index (χ2v) is 5.62. The second kappa shape index (κ2) is 14.6. The van der Waals surface area contributed by atoms with E-state index >= 15 is 0 Å². The average Bonchev–Trinajstić information content (AvgIpc) is 2.47. The van der Waals surface area contributed by atoms with Crippen LogP contribution in [0.15, 0.2) is 12.2 Å². The summed E-state index contributed by atoms with van der Waals surface area (Å²) >= 11 is 0. The van der Waals surface area contributed by atoms with Gasteiger partial charge in [0.05, 0.1) is 0 Å². The third kappa shape index (κ3) is 15.0. The molecule has 0 aliphatic rings. The highest BCUT2D eigenvalue weighted by atomic mass is 16.7. The zero-order chi connectivity index (χ0) is 16.6. The van der Waals surface area contributed by atoms with E-state index in [4.69, 9.17) is 9.94 Å². The molecule has 0 aliphatic carbocycles. The first kappa shape index (κ1) is 20.6. The number of nitrogens with zero attached hydrogens (tertiary/aromatic N) is 1. The van der Waals surface area contributed by atoms with Gasteiger partial charge in [-0.3, -0.25) is 0 Å². The molecule has 0 radical (unpaired) electrons. The van der Waals surface area contributed by atoms with Crippen molar-refractivity contribution < 1.29 is 19.5 Å². The summed E-state index contributed by atoms with van der Waals surface area (Å²) in [6.45, 7) is 2.90. The molecule has 0 aliphatic heterocycles. The molecule has 0 spiro atoms. The Balaban J connectivity index is 3.40. The van der Waals surface area contributed by atoms with Gasteiger partial charge >= 0.3 is 11.9 Å². The number of carbonyl (C=O) groups excluding carboxylic acids is 1. The summed E-state index contributed by atoms with van der Waals surface area (Å²) in [6, 6.07) is 0. The van der Waals surface area contributed by atoms with Crippen LogP contribution < -0.4 is 0 Å². The van der Waals surface area contributed by atoms with Crippen molar-refractivity contribution in [1.29, 1.82) is 0 Å². The molecule has 0 atom stereocenters. The summed E-state index contributed by atoms with van der Waals surface area (Å²) < 4.78 is 0. The number of carboxylic acid groups (broad SMARTS) is 1. The molecular weight excluding hydrogens is 282 g/mol. The van der Waals surface area contributed by atoms with E-state index in [0.717, 1.165) is 25.0 Å². The summed E-state index contributed by atoms with van der Waals surface area (Å²) in [5, 5.41) is 9.85. The molecule has 128 valence electrons. The molecule has 0 saturated heterocycles. The minimum atomic E-state index is -1.16. The number of hydroxylamine groups is 2. The third-order valence-corrected chi connectivity index (χ3v) is 3.43. The van der Waals surface area contributed by atoms with Gasteiger partial charge in [-0.2, -0.15) is 0 Å². The lowest BCUT2D eigenvalue weighted by Crippen LogP contribution is -2.23. The highest BCUT2D eigenvalue weighted by Gasteiger charge is 2.04. The maximum atomic E-state index is 11.2. The Morgan fingerprint density at radius 3 is 1.91 bits per heavy atom. The minimum absolute atomic E-state index is 0.656. The van der Waals surface area contributed by atoms with E-state index in [9.17, 15) is 9.59 Å². The second-order valence-electron chi connectivity index (χ2n) is 5.62. The van der Waals surface area contributed by atoms with E-state index in [2.05, 4.69) is 6.92 Å². The van der Waals surface area contributed by atoms with Gasteiger partial charge in [0.2, 0.25) is 0 Å². The molecular formula is C17H31NO4. The van der Waals surface area contributed by atoms with E-state index in [-0.39, 0.29) is 0 Å². The summed E-state index contributed by atoms with van der Waals surface area (Å²) in [5.41, 5.74) is 0. The molecule has 0 heterocycles. The van der Waals surface area contributed by atoms with Gasteiger partial charge < -0.3 is 9.94 Å². The van der Waals surface area contributed by atoms with Gasteiger partial charge in [-0.05, 0) is 6.42 Å². The molecule has 5 heteroatoms. The quantitative estimate of drug-likeness (QED) is 0.299. The number of hydrogen-bond acceptors (Lipinski definition) is 4. The van der Waals surface area contributed by atoms with Gasteiger partial charge in [-0.15, -0.1) is 5.06 Å². The Morgan fingerprint density at radius 2 is 1.41 bits per heavy atom. The largest absolute Gasteiger partial charge is 0.478 e. The highest BCUT2D eigenvalue weighted by Crippen LogP contribution is 2.10. The van der Waals surface area contributed by atoms with Crippen molar-refractivity contribution in [3.05, 3.63) is 12.2 Å². The monoisotopic (exact) mass is 313 g/mol. The van der Waals surface area contributed by atoms with Crippen molar-refractivity contribution in [1.82, 2.24) is 5.06 Å². The Kier molecular flexibility index (Phi) is 13.7. The lowest BCUT2D eigenvalue weighted by atomic mass is 10.1. The van der Waals surface area contributed by atoms with E-state index in [1.807, 2.05) is 0 Å². The van der Waals surface area contributed by atoms with Crippen molar-refractivity contribution in [2.75, 3.05) is 13.6 Å². The molecule has 0 amide bonds. The number of carbonyl (C=O) groups is 2. The molecule has 0 fully saturated rings. The molecule has 22 heavy (non-hydrogen) atoms. The number of hydrogen-bond donors (Lipinski definition) is 1. The fraction of sp³-hybridized carbons (Fsp3) is 0.765. The molecule has 0 aromatic heterocycles. The van der Waals surface area contributed by atoms with Crippen LogP contribution in [0.4, 0.5) is 0 Å². The number of rotatable bonds is 14. The van der Waals surface area contributed by atoms with Crippen LogP contribution in [0.2, 0.25) is 0 Å². The maximum absolute atomic E-state index is 11.2. The summed E-state index contributed by atoms with van der Waals surface area (Å²) in [6.07, 6.45) is 14.3. The lowest BCUT2D eigenvalue weighted by Gasteiger charge is -2.14. The zero-order valence-corrected chi connectivity index (χ0v) is 14.1. The van der Waals surface area contributed by atoms with Crippen molar-refractivity contribution in [2.45, 2.75) is 71.1 Å². The Labute approximate surface area is 134 Å². The van der Waals surface area contributed by atoms with Gasteiger partial charge in [0.25, 0.3) is 0 Å². The molecule has 0 aromatic carbocycles. The summed E-state index contributed by atoms with van der Waals surface area (Å²) in [5.74, 6) is -1.81. The van der Waals surface area contributed by atoms with Crippen molar-refractivity contribution in [2.24, 2.45) is 0 Å². The molecule has 0 unspecified atom stereocenters. The molecule has 5 nitrogen and oxygen atoms in total. The van der Waals surface area contributed by atoms with Crippen LogP contribution in [0.3, 0.4) is 0 Å². The van der Waals surface area contributed by atoms with Crippen LogP contribution in [0, 0.1) is 0 Å². The predicted molar refractivity (Wildman–Crippen MR) is 87.3 cm³/mol. The average molecular weight is 313 g/mol. The van der Waals surface area contributed by atoms with Crippen LogP contribution in [0.25, 0.3) is 0 Å². The Hall–Kier alpha value is -1.36. The van der Waals surface area contributed by atoms with E-state index < -0.39 is 11.9 Å². The number of aliphatic carboxylic acids is 1. The van der Waals surface area contributed by atoms with Crippen LogP contribution in [-0.4, -0.2) is 35.7 Å². The van der Waals surface area contributed by atoms with Crippen LogP contribution in [-0.2, 0) is 14.4 Å². The molecule has 0 saturated carbocycles. The van der Waals surface area contributed by atoms with Gasteiger partial charge in [-0.1, -0.05) is 64.7 Å². The third-order valence-electron chi connectivity index (χ3n) is 3.43. The first-order valence-corrected chi connectivity index (χ1v) is 8.40. The Bertz CT molecular complexity index is 329. The normalized spacial score (nSPS) is 11.2. The first-order valence-electron chi connectivity index (χ1n) is 8.40. The van der Waals surface area contributed by atoms with Crippen molar-refractivity contribution >= 4 is 11.9 Å². The van der Waals surface area contributed by atoms with E-state index in [0.29, 0.717) is 6.54 Å². The number of carboxylic acids is 1. The van der Waals surface area contributed by atoms with Crippen LogP contribution in [0.5, 0.6) is 0 Å². The zero-order valence-electron chi connectivity index (χ0n) is 14.1. The Morgan fingerprint density at radius 1 is 0.909 bits per heavy atom. The van der Waals surface area contributed by atoms with Crippen LogP contribution in [0.1, 0.15) is 71.1 Å². The lowest BCUT2D eigenvalue weighted by molar-refractivity contribution is -0.177. The smallest absolute Gasteiger partial charge is 0.349 e. The van der Waals surface area contributed by atoms with Gasteiger partial charge in [0.15, 0.2) is 0 Å². The fourth-order valence-electron chi connectivity index (χ4n) is 2.19. The van der Waals surface area contributed by atoms with Gasteiger partial charge in [0.1, 0.15) is 0 Å². The fourth-order valence-corrected chi connectivity index (χ4v) is 2.19. The molecule has 0 aromatic rings. The number of unbranched alkanes of at least 4 members (excludes halogenated alkanes) is 9. The standard InChI is InChI=1S/C17H31NO4/c1-3-4-5-6-7-8-9-10-11-12-15-18(2)22-17(21)14-13-16(19)20/h13-14H,3-12,15H2,1-2H3,(H,19,20)/b14-13-. The summed E-state index contributed by atoms with van der Waals surface area (Å²) in [4.78, 5) is 26.4. The molecule has 1 N–H and O–H groups in total.